The Bertz CT molecular complexity index is 621. The zero-order chi connectivity index (χ0) is 17.0. The molecule has 120 valence electrons. The summed E-state index contributed by atoms with van der Waals surface area (Å²) in [6.07, 6.45) is 0. The number of rotatable bonds is 4. The second-order valence-corrected chi connectivity index (χ2v) is 4.09. The monoisotopic (exact) mass is 311 g/mol. The molecule has 8 heteroatoms. The van der Waals surface area contributed by atoms with E-state index < -0.39 is 23.9 Å². The van der Waals surface area contributed by atoms with E-state index in [2.05, 4.69) is 18.9 Å². The SMILES string of the molecule is COC(=O)C1=C(C)C(C(=O)OC)=C(C(=O)OC)C1=C([O-])OC. The molecular weight excluding hydrogens is 296 g/mol. The van der Waals surface area contributed by atoms with E-state index in [-0.39, 0.29) is 27.9 Å². The van der Waals surface area contributed by atoms with Crippen molar-refractivity contribution >= 4 is 17.9 Å². The van der Waals surface area contributed by atoms with Crippen molar-refractivity contribution in [3.05, 3.63) is 33.8 Å². The maximum absolute atomic E-state index is 12.0. The van der Waals surface area contributed by atoms with Gasteiger partial charge in [0.05, 0.1) is 44.0 Å². The molecule has 1 rings (SSSR count). The molecule has 0 fully saturated rings. The molecule has 22 heavy (non-hydrogen) atoms. The molecule has 1 aliphatic carbocycles. The van der Waals surface area contributed by atoms with Crippen LogP contribution in [0.4, 0.5) is 0 Å². The first-order valence-electron chi connectivity index (χ1n) is 6.02. The van der Waals surface area contributed by atoms with Gasteiger partial charge in [-0.05, 0) is 19.6 Å². The van der Waals surface area contributed by atoms with E-state index in [9.17, 15) is 19.5 Å². The molecule has 1 aliphatic rings. The van der Waals surface area contributed by atoms with Crippen LogP contribution in [-0.4, -0.2) is 46.3 Å². The second kappa shape index (κ2) is 6.79. The Morgan fingerprint density at radius 2 is 1.14 bits per heavy atom. The Morgan fingerprint density at radius 3 is 1.55 bits per heavy atom. The molecule has 0 aromatic rings. The van der Waals surface area contributed by atoms with Crippen LogP contribution < -0.4 is 5.11 Å². The summed E-state index contributed by atoms with van der Waals surface area (Å²) in [6.45, 7) is 1.39. The van der Waals surface area contributed by atoms with Crippen molar-refractivity contribution in [2.75, 3.05) is 28.4 Å². The number of esters is 3. The molecule has 0 aromatic carbocycles. The average molecular weight is 311 g/mol. The van der Waals surface area contributed by atoms with Gasteiger partial charge in [-0.2, -0.15) is 0 Å². The summed E-state index contributed by atoms with van der Waals surface area (Å²) in [5.74, 6) is -3.73. The zero-order valence-corrected chi connectivity index (χ0v) is 12.8. The number of ether oxygens (including phenoxy) is 4. The molecular formula is C14H15O8-. The van der Waals surface area contributed by atoms with Gasteiger partial charge in [0.2, 0.25) is 0 Å². The largest absolute Gasteiger partial charge is 0.616 e. The predicted molar refractivity (Wildman–Crippen MR) is 69.8 cm³/mol. The lowest BCUT2D eigenvalue weighted by molar-refractivity contribution is -0.354. The highest BCUT2D eigenvalue weighted by atomic mass is 16.6. The van der Waals surface area contributed by atoms with E-state index in [0.717, 1.165) is 28.4 Å². The van der Waals surface area contributed by atoms with Crippen molar-refractivity contribution < 1.29 is 38.4 Å². The Morgan fingerprint density at radius 1 is 0.727 bits per heavy atom. The van der Waals surface area contributed by atoms with Crippen molar-refractivity contribution in [1.82, 2.24) is 0 Å². The van der Waals surface area contributed by atoms with E-state index in [1.54, 1.807) is 0 Å². The lowest BCUT2D eigenvalue weighted by Gasteiger charge is -2.17. The number of methoxy groups -OCH3 is 4. The molecule has 0 aromatic heterocycles. The molecule has 0 radical (unpaired) electrons. The highest BCUT2D eigenvalue weighted by Gasteiger charge is 2.40. The highest BCUT2D eigenvalue weighted by molar-refractivity contribution is 6.15. The average Bonchev–Trinajstić information content (AvgIpc) is 2.84. The highest BCUT2D eigenvalue weighted by Crippen LogP contribution is 2.39. The zero-order valence-electron chi connectivity index (χ0n) is 12.8. The van der Waals surface area contributed by atoms with Crippen molar-refractivity contribution in [2.24, 2.45) is 0 Å². The Hall–Kier alpha value is -2.77. The first-order chi connectivity index (χ1) is 10.3. The molecule has 0 heterocycles. The molecule has 0 N–H and O–H groups in total. The predicted octanol–water partition coefficient (Wildman–Crippen LogP) is -0.650. The third-order valence-corrected chi connectivity index (χ3v) is 3.06. The first kappa shape index (κ1) is 17.3. The van der Waals surface area contributed by atoms with Crippen molar-refractivity contribution in [1.29, 1.82) is 0 Å². The van der Waals surface area contributed by atoms with Crippen LogP contribution >= 0.6 is 0 Å². The summed E-state index contributed by atoms with van der Waals surface area (Å²) >= 11 is 0. The second-order valence-electron chi connectivity index (χ2n) is 4.09. The van der Waals surface area contributed by atoms with E-state index in [0.29, 0.717) is 0 Å². The Labute approximate surface area is 126 Å². The van der Waals surface area contributed by atoms with Crippen LogP contribution in [-0.2, 0) is 33.3 Å². The Balaban J connectivity index is 3.80. The summed E-state index contributed by atoms with van der Waals surface area (Å²) in [6, 6.07) is 0. The number of hydrogen-bond donors (Lipinski definition) is 0. The van der Waals surface area contributed by atoms with E-state index in [4.69, 9.17) is 0 Å². The fourth-order valence-corrected chi connectivity index (χ4v) is 2.08. The van der Waals surface area contributed by atoms with Gasteiger partial charge in [-0.25, -0.2) is 14.4 Å². The van der Waals surface area contributed by atoms with Gasteiger partial charge < -0.3 is 24.1 Å². The number of carbonyl (C=O) groups excluding carboxylic acids is 3. The van der Waals surface area contributed by atoms with Gasteiger partial charge in [0.15, 0.2) is 0 Å². The van der Waals surface area contributed by atoms with Crippen LogP contribution in [0.15, 0.2) is 33.8 Å². The minimum absolute atomic E-state index is 0.0690. The van der Waals surface area contributed by atoms with Crippen LogP contribution in [0, 0.1) is 0 Å². The fourth-order valence-electron chi connectivity index (χ4n) is 2.08. The maximum atomic E-state index is 12.0. The van der Waals surface area contributed by atoms with E-state index >= 15 is 0 Å². The molecule has 0 bridgehead atoms. The summed E-state index contributed by atoms with van der Waals surface area (Å²) in [5, 5.41) is 12.0. The first-order valence-corrected chi connectivity index (χ1v) is 6.02. The van der Waals surface area contributed by atoms with Crippen LogP contribution in [0.5, 0.6) is 0 Å². The van der Waals surface area contributed by atoms with Crippen LogP contribution in [0.3, 0.4) is 0 Å². The molecule has 0 amide bonds. The fraction of sp³-hybridized carbons (Fsp3) is 0.357. The molecule has 0 saturated carbocycles. The molecule has 0 atom stereocenters. The summed E-state index contributed by atoms with van der Waals surface area (Å²) < 4.78 is 18.4. The van der Waals surface area contributed by atoms with Crippen molar-refractivity contribution in [3.63, 3.8) is 0 Å². The normalized spacial score (nSPS) is 16.4. The summed E-state index contributed by atoms with van der Waals surface area (Å²) in [7, 11) is 4.35. The quantitative estimate of drug-likeness (QED) is 0.382. The lowest BCUT2D eigenvalue weighted by atomic mass is 10.0. The van der Waals surface area contributed by atoms with Gasteiger partial charge in [-0.1, -0.05) is 0 Å². The van der Waals surface area contributed by atoms with Gasteiger partial charge in [0.25, 0.3) is 0 Å². The van der Waals surface area contributed by atoms with Gasteiger partial charge in [0, 0.05) is 5.57 Å². The van der Waals surface area contributed by atoms with Gasteiger partial charge in [0.1, 0.15) is 0 Å². The van der Waals surface area contributed by atoms with E-state index in [1.807, 2.05) is 0 Å². The smallest absolute Gasteiger partial charge is 0.339 e. The Kier molecular flexibility index (Phi) is 5.33. The number of carbonyl (C=O) groups is 3. The molecule has 0 saturated heterocycles. The van der Waals surface area contributed by atoms with Crippen LogP contribution in [0.1, 0.15) is 6.92 Å². The maximum Gasteiger partial charge on any atom is 0.339 e. The van der Waals surface area contributed by atoms with Crippen molar-refractivity contribution in [3.8, 4) is 0 Å². The van der Waals surface area contributed by atoms with Gasteiger partial charge >= 0.3 is 17.9 Å². The molecule has 8 nitrogen and oxygen atoms in total. The van der Waals surface area contributed by atoms with Crippen molar-refractivity contribution in [2.45, 2.75) is 6.92 Å². The van der Waals surface area contributed by atoms with E-state index in [1.165, 1.54) is 6.92 Å². The standard InChI is InChI=1S/C14H16O8/c1-6-7(11(15)19-2)9(13(17)21-4)10(14(18)22-5)8(6)12(16)20-3/h17H,1-5H3/p-1. The minimum Gasteiger partial charge on any atom is -0.616 e. The third kappa shape index (κ3) is 2.67. The van der Waals surface area contributed by atoms with Crippen LogP contribution in [0.25, 0.3) is 0 Å². The molecule has 0 unspecified atom stereocenters. The molecule has 0 spiro atoms. The minimum atomic E-state index is -0.973. The van der Waals surface area contributed by atoms with Crippen LogP contribution in [0.2, 0.25) is 0 Å². The third-order valence-electron chi connectivity index (χ3n) is 3.06. The van der Waals surface area contributed by atoms with Gasteiger partial charge in [-0.3, -0.25) is 0 Å². The van der Waals surface area contributed by atoms with Gasteiger partial charge in [-0.15, -0.1) is 0 Å². The number of hydrogen-bond acceptors (Lipinski definition) is 8. The topological polar surface area (TPSA) is 111 Å². The molecule has 0 aliphatic heterocycles. The lowest BCUT2D eigenvalue weighted by Crippen LogP contribution is -2.19. The summed E-state index contributed by atoms with van der Waals surface area (Å²) in [5.41, 5.74) is -1.19. The summed E-state index contributed by atoms with van der Waals surface area (Å²) in [4.78, 5) is 35.8.